The zero-order chi connectivity index (χ0) is 20.9. The lowest BCUT2D eigenvalue weighted by molar-refractivity contribution is -0.127. The molecule has 152 valence electrons. The van der Waals surface area contributed by atoms with E-state index >= 15 is 0 Å². The lowest BCUT2D eigenvalue weighted by atomic mass is 10.0. The van der Waals surface area contributed by atoms with Crippen LogP contribution in [-0.2, 0) is 4.79 Å². The molecule has 5 nitrogen and oxygen atoms in total. The summed E-state index contributed by atoms with van der Waals surface area (Å²) in [7, 11) is 1.61. The van der Waals surface area contributed by atoms with E-state index in [-0.39, 0.29) is 18.5 Å². The Bertz CT molecular complexity index is 1010. The molecule has 1 aliphatic rings. The van der Waals surface area contributed by atoms with Crippen LogP contribution in [0.25, 0.3) is 11.1 Å². The number of carbonyl (C=O) groups excluding carboxylic acids is 2. The molecule has 5 heteroatoms. The maximum atomic E-state index is 13.4. The van der Waals surface area contributed by atoms with Crippen molar-refractivity contribution in [1.29, 1.82) is 0 Å². The first kappa shape index (κ1) is 19.7. The lowest BCUT2D eigenvalue weighted by Gasteiger charge is -2.28. The molecule has 3 aromatic rings. The first-order chi connectivity index (χ1) is 14.7. The third-order valence-electron chi connectivity index (χ3n) is 5.35. The van der Waals surface area contributed by atoms with Crippen LogP contribution in [0.15, 0.2) is 78.9 Å². The van der Waals surface area contributed by atoms with E-state index in [0.717, 1.165) is 29.0 Å². The van der Waals surface area contributed by atoms with Crippen LogP contribution in [0.1, 0.15) is 23.2 Å². The predicted molar refractivity (Wildman–Crippen MR) is 117 cm³/mol. The van der Waals surface area contributed by atoms with E-state index in [1.807, 2.05) is 78.9 Å². The number of rotatable bonds is 6. The molecular formula is C25H24N2O3. The van der Waals surface area contributed by atoms with Crippen LogP contribution in [0.5, 0.6) is 5.75 Å². The summed E-state index contributed by atoms with van der Waals surface area (Å²) >= 11 is 0. The van der Waals surface area contributed by atoms with Crippen molar-refractivity contribution in [2.24, 2.45) is 0 Å². The normalized spacial score (nSPS) is 13.4. The number of carbonyl (C=O) groups is 2. The zero-order valence-electron chi connectivity index (χ0n) is 17.0. The molecule has 0 aliphatic carbocycles. The van der Waals surface area contributed by atoms with Crippen molar-refractivity contribution in [2.75, 3.05) is 25.2 Å². The highest BCUT2D eigenvalue weighted by molar-refractivity contribution is 6.06. The largest absolute Gasteiger partial charge is 0.497 e. The molecule has 1 saturated heterocycles. The molecule has 3 aromatic carbocycles. The van der Waals surface area contributed by atoms with Gasteiger partial charge in [0, 0.05) is 24.2 Å². The minimum Gasteiger partial charge on any atom is -0.497 e. The minimum absolute atomic E-state index is 0.0840. The standard InChI is InChI=1S/C25H24N2O3/c1-30-23-15-13-22(14-16-23)27(18-26-17-5-8-24(26)28)25(29)21-11-9-20(10-12-21)19-6-3-2-4-7-19/h2-4,6-7,9-16H,5,8,17-18H2,1H3. The van der Waals surface area contributed by atoms with Crippen LogP contribution in [0.2, 0.25) is 0 Å². The number of benzene rings is 3. The third kappa shape index (κ3) is 4.20. The fourth-order valence-corrected chi connectivity index (χ4v) is 3.64. The molecule has 4 rings (SSSR count). The fourth-order valence-electron chi connectivity index (χ4n) is 3.64. The Kier molecular flexibility index (Phi) is 5.80. The molecule has 0 saturated carbocycles. The Balaban J connectivity index is 1.61. The molecule has 0 unspecified atom stereocenters. The van der Waals surface area contributed by atoms with E-state index in [1.54, 1.807) is 16.9 Å². The van der Waals surface area contributed by atoms with Gasteiger partial charge in [0.05, 0.1) is 7.11 Å². The van der Waals surface area contributed by atoms with E-state index < -0.39 is 0 Å². The Morgan fingerprint density at radius 2 is 1.60 bits per heavy atom. The zero-order valence-corrected chi connectivity index (χ0v) is 17.0. The highest BCUT2D eigenvalue weighted by Crippen LogP contribution is 2.25. The number of amides is 2. The van der Waals surface area contributed by atoms with Gasteiger partial charge in [0.15, 0.2) is 0 Å². The van der Waals surface area contributed by atoms with Crippen molar-refractivity contribution in [3.05, 3.63) is 84.4 Å². The average molecular weight is 400 g/mol. The van der Waals surface area contributed by atoms with Crippen molar-refractivity contribution >= 4 is 17.5 Å². The van der Waals surface area contributed by atoms with Crippen LogP contribution >= 0.6 is 0 Å². The topological polar surface area (TPSA) is 49.9 Å². The van der Waals surface area contributed by atoms with Gasteiger partial charge in [-0.15, -0.1) is 0 Å². The average Bonchev–Trinajstić information content (AvgIpc) is 3.22. The Morgan fingerprint density at radius 3 is 2.20 bits per heavy atom. The molecule has 0 aromatic heterocycles. The number of methoxy groups -OCH3 is 1. The van der Waals surface area contributed by atoms with Gasteiger partial charge in [-0.1, -0.05) is 42.5 Å². The molecule has 2 amide bonds. The Labute approximate surface area is 176 Å². The second kappa shape index (κ2) is 8.82. The lowest BCUT2D eigenvalue weighted by Crippen LogP contribution is -2.42. The number of hydrogen-bond donors (Lipinski definition) is 0. The maximum Gasteiger partial charge on any atom is 0.259 e. The van der Waals surface area contributed by atoms with Gasteiger partial charge in [0.2, 0.25) is 5.91 Å². The highest BCUT2D eigenvalue weighted by atomic mass is 16.5. The van der Waals surface area contributed by atoms with Crippen molar-refractivity contribution < 1.29 is 14.3 Å². The first-order valence-electron chi connectivity index (χ1n) is 10.0. The molecule has 0 atom stereocenters. The van der Waals surface area contributed by atoms with Crippen molar-refractivity contribution in [3.8, 4) is 16.9 Å². The molecule has 30 heavy (non-hydrogen) atoms. The summed E-state index contributed by atoms with van der Waals surface area (Å²) in [4.78, 5) is 29.0. The van der Waals surface area contributed by atoms with Crippen molar-refractivity contribution in [2.45, 2.75) is 12.8 Å². The minimum atomic E-state index is -0.139. The van der Waals surface area contributed by atoms with Crippen LogP contribution in [0.3, 0.4) is 0 Å². The summed E-state index contributed by atoms with van der Waals surface area (Å²) in [6.07, 6.45) is 1.37. The van der Waals surface area contributed by atoms with E-state index in [0.29, 0.717) is 18.5 Å². The summed E-state index contributed by atoms with van der Waals surface area (Å²) in [5.74, 6) is 0.663. The highest BCUT2D eigenvalue weighted by Gasteiger charge is 2.26. The molecular weight excluding hydrogens is 376 g/mol. The van der Waals surface area contributed by atoms with Gasteiger partial charge in [-0.3, -0.25) is 14.5 Å². The van der Waals surface area contributed by atoms with Crippen LogP contribution in [0.4, 0.5) is 5.69 Å². The number of likely N-dealkylation sites (tertiary alicyclic amines) is 1. The van der Waals surface area contributed by atoms with E-state index in [1.165, 1.54) is 0 Å². The Hall–Kier alpha value is -3.60. The summed E-state index contributed by atoms with van der Waals surface area (Å²) < 4.78 is 5.23. The smallest absolute Gasteiger partial charge is 0.259 e. The summed E-state index contributed by atoms with van der Waals surface area (Å²) in [6, 6.07) is 25.0. The molecule has 1 heterocycles. The third-order valence-corrected chi connectivity index (χ3v) is 5.35. The van der Waals surface area contributed by atoms with Crippen LogP contribution in [0, 0.1) is 0 Å². The number of nitrogens with zero attached hydrogens (tertiary/aromatic N) is 2. The van der Waals surface area contributed by atoms with Gasteiger partial charge in [-0.2, -0.15) is 0 Å². The van der Waals surface area contributed by atoms with Gasteiger partial charge in [-0.05, 0) is 53.9 Å². The maximum absolute atomic E-state index is 13.4. The fraction of sp³-hybridized carbons (Fsp3) is 0.200. The number of hydrogen-bond acceptors (Lipinski definition) is 3. The predicted octanol–water partition coefficient (Wildman–Crippen LogP) is 4.59. The second-order valence-corrected chi connectivity index (χ2v) is 7.28. The van der Waals surface area contributed by atoms with E-state index in [2.05, 4.69) is 0 Å². The van der Waals surface area contributed by atoms with Crippen molar-refractivity contribution in [3.63, 3.8) is 0 Å². The summed E-state index contributed by atoms with van der Waals surface area (Å²) in [6.45, 7) is 0.913. The van der Waals surface area contributed by atoms with E-state index in [9.17, 15) is 9.59 Å². The summed E-state index contributed by atoms with van der Waals surface area (Å²) in [5, 5.41) is 0. The van der Waals surface area contributed by atoms with Crippen LogP contribution in [-0.4, -0.2) is 37.0 Å². The molecule has 0 spiro atoms. The molecule has 1 aliphatic heterocycles. The molecule has 0 radical (unpaired) electrons. The number of ether oxygens (including phenoxy) is 1. The first-order valence-corrected chi connectivity index (χ1v) is 10.0. The van der Waals surface area contributed by atoms with Gasteiger partial charge in [-0.25, -0.2) is 0 Å². The van der Waals surface area contributed by atoms with Gasteiger partial charge >= 0.3 is 0 Å². The monoisotopic (exact) mass is 400 g/mol. The molecule has 0 N–H and O–H groups in total. The molecule has 1 fully saturated rings. The second-order valence-electron chi connectivity index (χ2n) is 7.28. The quantitative estimate of drug-likeness (QED) is 0.608. The van der Waals surface area contributed by atoms with Gasteiger partial charge < -0.3 is 9.64 Å². The summed E-state index contributed by atoms with van der Waals surface area (Å²) in [5.41, 5.74) is 3.47. The van der Waals surface area contributed by atoms with Crippen LogP contribution < -0.4 is 9.64 Å². The number of anilines is 1. The molecule has 0 bridgehead atoms. The SMILES string of the molecule is COc1ccc(N(CN2CCCC2=O)C(=O)c2ccc(-c3ccccc3)cc2)cc1. The van der Waals surface area contributed by atoms with Crippen molar-refractivity contribution in [1.82, 2.24) is 4.90 Å². The van der Waals surface area contributed by atoms with Gasteiger partial charge in [0.25, 0.3) is 5.91 Å². The van der Waals surface area contributed by atoms with E-state index in [4.69, 9.17) is 4.74 Å². The Morgan fingerprint density at radius 1 is 0.933 bits per heavy atom. The van der Waals surface area contributed by atoms with Gasteiger partial charge in [0.1, 0.15) is 12.4 Å².